The molecule has 2 aliphatic rings. The van der Waals surface area contributed by atoms with E-state index in [1.54, 1.807) is 0 Å². The molecule has 2 rings (SSSR count). The van der Waals surface area contributed by atoms with Crippen LogP contribution in [0.2, 0.25) is 0 Å². The Morgan fingerprint density at radius 1 is 1.09 bits per heavy atom. The van der Waals surface area contributed by atoms with E-state index in [9.17, 15) is 9.90 Å². The van der Waals surface area contributed by atoms with E-state index in [1.807, 2.05) is 19.1 Å². The third-order valence-corrected chi connectivity index (χ3v) is 5.10. The number of rotatable bonds is 0. The van der Waals surface area contributed by atoms with E-state index in [2.05, 4.69) is 46.9 Å². The first-order valence-corrected chi connectivity index (χ1v) is 8.56. The summed E-state index contributed by atoms with van der Waals surface area (Å²) in [5, 5.41) is 21.6. The smallest absolute Gasteiger partial charge is 0.264 e. The zero-order chi connectivity index (χ0) is 17.8. The number of amides is 1. The predicted octanol–water partition coefficient (Wildman–Crippen LogP) is 3.75. The molecule has 0 unspecified atom stereocenters. The lowest BCUT2D eigenvalue weighted by Gasteiger charge is -2.44. The third-order valence-electron chi connectivity index (χ3n) is 4.16. The van der Waals surface area contributed by atoms with E-state index in [-0.39, 0.29) is 21.9 Å². The van der Waals surface area contributed by atoms with Crippen molar-refractivity contribution in [2.45, 2.75) is 54.1 Å². The molecule has 23 heavy (non-hydrogen) atoms. The summed E-state index contributed by atoms with van der Waals surface area (Å²) in [6.07, 6.45) is 3.82. The minimum absolute atomic E-state index is 0.145. The zero-order valence-corrected chi connectivity index (χ0v) is 15.7. The van der Waals surface area contributed by atoms with Crippen LogP contribution in [-0.4, -0.2) is 21.8 Å². The number of allylic oxidation sites excluding steroid dienone is 3. The summed E-state index contributed by atoms with van der Waals surface area (Å²) in [5.74, 6) is -0.245. The van der Waals surface area contributed by atoms with Gasteiger partial charge in [0.05, 0.1) is 4.91 Å². The number of aliphatic hydroxyl groups is 1. The van der Waals surface area contributed by atoms with Gasteiger partial charge in [-0.15, -0.1) is 0 Å². The van der Waals surface area contributed by atoms with Crippen LogP contribution >= 0.6 is 11.8 Å². The van der Waals surface area contributed by atoms with E-state index in [4.69, 9.17) is 5.41 Å². The minimum Gasteiger partial charge on any atom is -0.381 e. The second kappa shape index (κ2) is 5.35. The molecule has 0 spiro atoms. The van der Waals surface area contributed by atoms with E-state index in [1.165, 1.54) is 0 Å². The molecule has 3 N–H and O–H groups in total. The van der Waals surface area contributed by atoms with Gasteiger partial charge >= 0.3 is 0 Å². The van der Waals surface area contributed by atoms with Gasteiger partial charge in [-0.1, -0.05) is 53.7 Å². The third kappa shape index (κ3) is 3.31. The average Bonchev–Trinajstić information content (AvgIpc) is 2.64. The monoisotopic (exact) mass is 334 g/mol. The van der Waals surface area contributed by atoms with Gasteiger partial charge in [-0.25, -0.2) is 0 Å². The normalized spacial score (nSPS) is 26.3. The molecule has 0 saturated carbocycles. The molecule has 1 aliphatic heterocycles. The molecule has 1 heterocycles. The van der Waals surface area contributed by atoms with Crippen molar-refractivity contribution in [1.29, 1.82) is 5.41 Å². The first-order chi connectivity index (χ1) is 10.2. The molecule has 4 nitrogen and oxygen atoms in total. The predicted molar refractivity (Wildman–Crippen MR) is 96.2 cm³/mol. The Morgan fingerprint density at radius 3 is 1.83 bits per heavy atom. The number of hydrogen-bond donors (Lipinski definition) is 3. The highest BCUT2D eigenvalue weighted by atomic mass is 32.2. The summed E-state index contributed by atoms with van der Waals surface area (Å²) in [4.78, 5) is 12.6. The van der Waals surface area contributed by atoms with Gasteiger partial charge in [-0.2, -0.15) is 0 Å². The van der Waals surface area contributed by atoms with E-state index < -0.39 is 5.60 Å². The fraction of sp³-hybridized carbons (Fsp3) is 0.556. The maximum absolute atomic E-state index is 12.1. The molecule has 5 heteroatoms. The van der Waals surface area contributed by atoms with Crippen molar-refractivity contribution in [1.82, 2.24) is 5.32 Å². The Morgan fingerprint density at radius 2 is 1.52 bits per heavy atom. The molecule has 1 amide bonds. The van der Waals surface area contributed by atoms with Crippen LogP contribution in [-0.2, 0) is 4.79 Å². The van der Waals surface area contributed by atoms with E-state index in [0.717, 1.165) is 28.5 Å². The fourth-order valence-corrected chi connectivity index (χ4v) is 4.05. The highest BCUT2D eigenvalue weighted by molar-refractivity contribution is 8.18. The SMILES string of the molecule is CC(C)(C)C1=CC(=C2SC(=N)NC2=O)C=C(C(C)(C)C)C1(C)O. The first-order valence-electron chi connectivity index (χ1n) is 7.74. The van der Waals surface area contributed by atoms with Gasteiger partial charge in [0.25, 0.3) is 5.91 Å². The molecule has 0 radical (unpaired) electrons. The second-order valence-electron chi connectivity index (χ2n) is 8.36. The van der Waals surface area contributed by atoms with Crippen LogP contribution in [0.3, 0.4) is 0 Å². The van der Waals surface area contributed by atoms with Crippen LogP contribution in [0.25, 0.3) is 0 Å². The highest BCUT2D eigenvalue weighted by Gasteiger charge is 2.44. The Hall–Kier alpha value is -1.33. The summed E-state index contributed by atoms with van der Waals surface area (Å²) in [6, 6.07) is 0. The van der Waals surface area contributed by atoms with Gasteiger partial charge in [0.15, 0.2) is 5.17 Å². The van der Waals surface area contributed by atoms with Crippen molar-refractivity contribution in [3.63, 3.8) is 0 Å². The summed E-state index contributed by atoms with van der Waals surface area (Å²) in [6.45, 7) is 14.2. The van der Waals surface area contributed by atoms with Crippen molar-refractivity contribution in [2.75, 3.05) is 0 Å². The van der Waals surface area contributed by atoms with Crippen molar-refractivity contribution < 1.29 is 9.90 Å². The number of nitrogens with one attached hydrogen (secondary N) is 2. The lowest BCUT2D eigenvalue weighted by atomic mass is 9.64. The van der Waals surface area contributed by atoms with Gasteiger partial charge < -0.3 is 10.4 Å². The summed E-state index contributed by atoms with van der Waals surface area (Å²) in [5.41, 5.74) is 0.990. The molecule has 126 valence electrons. The van der Waals surface area contributed by atoms with Crippen molar-refractivity contribution in [3.05, 3.63) is 33.8 Å². The van der Waals surface area contributed by atoms with Crippen LogP contribution in [0.15, 0.2) is 33.8 Å². The van der Waals surface area contributed by atoms with Crippen LogP contribution in [0, 0.1) is 16.2 Å². The van der Waals surface area contributed by atoms with Crippen LogP contribution in [0.5, 0.6) is 0 Å². The molecule has 1 saturated heterocycles. The maximum atomic E-state index is 12.1. The van der Waals surface area contributed by atoms with Crippen molar-refractivity contribution >= 4 is 22.8 Å². The molecule has 0 atom stereocenters. The van der Waals surface area contributed by atoms with E-state index >= 15 is 0 Å². The Kier molecular flexibility index (Phi) is 4.19. The van der Waals surface area contributed by atoms with Crippen LogP contribution in [0.1, 0.15) is 48.5 Å². The molecule has 0 aromatic heterocycles. The number of amidine groups is 1. The van der Waals surface area contributed by atoms with Gasteiger partial charge in [0.2, 0.25) is 0 Å². The van der Waals surface area contributed by atoms with Gasteiger partial charge in [-0.3, -0.25) is 10.2 Å². The fourth-order valence-electron chi connectivity index (χ4n) is 3.33. The lowest BCUT2D eigenvalue weighted by molar-refractivity contribution is -0.115. The number of thioether (sulfide) groups is 1. The van der Waals surface area contributed by atoms with Crippen molar-refractivity contribution in [2.24, 2.45) is 10.8 Å². The van der Waals surface area contributed by atoms with E-state index in [0.29, 0.717) is 4.91 Å². The van der Waals surface area contributed by atoms with Gasteiger partial charge in [0.1, 0.15) is 5.60 Å². The summed E-state index contributed by atoms with van der Waals surface area (Å²) >= 11 is 1.14. The maximum Gasteiger partial charge on any atom is 0.264 e. The number of hydrogen-bond acceptors (Lipinski definition) is 4. The largest absolute Gasteiger partial charge is 0.381 e. The molecule has 1 aliphatic carbocycles. The lowest BCUT2D eigenvalue weighted by Crippen LogP contribution is -2.42. The van der Waals surface area contributed by atoms with Gasteiger partial charge in [-0.05, 0) is 46.2 Å². The molecule has 1 fully saturated rings. The minimum atomic E-state index is -1.06. The summed E-state index contributed by atoms with van der Waals surface area (Å²) < 4.78 is 0. The topological polar surface area (TPSA) is 73.2 Å². The molecule has 0 aromatic carbocycles. The quantitative estimate of drug-likeness (QED) is 0.591. The summed E-state index contributed by atoms with van der Waals surface area (Å²) in [7, 11) is 0. The molecule has 0 bridgehead atoms. The Labute approximate surface area is 142 Å². The molecular weight excluding hydrogens is 308 g/mol. The van der Waals surface area contributed by atoms with Crippen LogP contribution < -0.4 is 5.32 Å². The zero-order valence-electron chi connectivity index (χ0n) is 14.9. The second-order valence-corrected chi connectivity index (χ2v) is 9.38. The van der Waals surface area contributed by atoms with Crippen molar-refractivity contribution in [3.8, 4) is 0 Å². The molecule has 0 aromatic rings. The van der Waals surface area contributed by atoms with Crippen LogP contribution in [0.4, 0.5) is 0 Å². The Bertz CT molecular complexity index is 632. The highest BCUT2D eigenvalue weighted by Crippen LogP contribution is 2.48. The first kappa shape index (κ1) is 18.0. The number of carbonyl (C=O) groups is 1. The Balaban J connectivity index is 2.74. The molecular formula is C18H26N2O2S. The average molecular weight is 334 g/mol. The number of carbonyl (C=O) groups excluding carboxylic acids is 1. The van der Waals surface area contributed by atoms with Gasteiger partial charge in [0, 0.05) is 0 Å². The standard InChI is InChI=1S/C18H26N2O2S/c1-16(2,3)11-8-10(13-14(21)20-15(19)23-13)9-12(17(4,5)6)18(11,7)22/h8-9,22H,1-7H3,(H2,19,20,21).